The zero-order valence-electron chi connectivity index (χ0n) is 11.7. The molecule has 1 aromatic carbocycles. The van der Waals surface area contributed by atoms with Crippen LogP contribution in [-0.4, -0.2) is 36.1 Å². The van der Waals surface area contributed by atoms with E-state index in [0.717, 1.165) is 30.9 Å². The SMILES string of the molecule is CC1(C)CCN(CCOc2ccccc2C(N)=S)C1. The molecular formula is C15H22N2OS. The van der Waals surface area contributed by atoms with Gasteiger partial charge in [0.25, 0.3) is 0 Å². The summed E-state index contributed by atoms with van der Waals surface area (Å²) in [5.74, 6) is 0.786. The second kappa shape index (κ2) is 5.88. The van der Waals surface area contributed by atoms with E-state index in [1.54, 1.807) is 0 Å². The topological polar surface area (TPSA) is 38.5 Å². The van der Waals surface area contributed by atoms with Gasteiger partial charge in [0.1, 0.15) is 17.3 Å². The molecule has 0 saturated carbocycles. The van der Waals surface area contributed by atoms with Gasteiger partial charge in [-0.15, -0.1) is 0 Å². The Bertz CT molecular complexity index is 459. The van der Waals surface area contributed by atoms with Crippen LogP contribution < -0.4 is 10.5 Å². The molecule has 1 aromatic rings. The number of benzene rings is 1. The standard InChI is InChI=1S/C15H22N2OS/c1-15(2)7-8-17(11-15)9-10-18-13-6-4-3-5-12(13)14(16)19/h3-6H,7-11H2,1-2H3,(H2,16,19). The molecule has 0 bridgehead atoms. The van der Waals surface area contributed by atoms with Gasteiger partial charge in [0.2, 0.25) is 0 Å². The Morgan fingerprint density at radius 1 is 1.42 bits per heavy atom. The number of nitrogens with zero attached hydrogens (tertiary/aromatic N) is 1. The molecular weight excluding hydrogens is 256 g/mol. The summed E-state index contributed by atoms with van der Waals surface area (Å²) in [4.78, 5) is 2.83. The van der Waals surface area contributed by atoms with Gasteiger partial charge in [-0.3, -0.25) is 4.90 Å². The van der Waals surface area contributed by atoms with Crippen molar-refractivity contribution >= 4 is 17.2 Å². The lowest BCUT2D eigenvalue weighted by Crippen LogP contribution is -2.28. The molecule has 4 heteroatoms. The highest BCUT2D eigenvalue weighted by Crippen LogP contribution is 2.28. The number of nitrogens with two attached hydrogens (primary N) is 1. The molecule has 0 unspecified atom stereocenters. The number of para-hydroxylation sites is 1. The fourth-order valence-corrected chi connectivity index (χ4v) is 2.66. The number of rotatable bonds is 5. The van der Waals surface area contributed by atoms with Gasteiger partial charge in [-0.2, -0.15) is 0 Å². The Balaban J connectivity index is 1.85. The van der Waals surface area contributed by atoms with E-state index in [-0.39, 0.29) is 0 Å². The minimum Gasteiger partial charge on any atom is -0.492 e. The van der Waals surface area contributed by atoms with Crippen LogP contribution >= 0.6 is 12.2 Å². The highest BCUT2D eigenvalue weighted by molar-refractivity contribution is 7.80. The Labute approximate surface area is 120 Å². The van der Waals surface area contributed by atoms with Crippen LogP contribution in [0.25, 0.3) is 0 Å². The second-order valence-corrected chi connectivity index (χ2v) is 6.34. The average molecular weight is 278 g/mol. The fourth-order valence-electron chi connectivity index (χ4n) is 2.50. The normalized spacial score (nSPS) is 18.4. The largest absolute Gasteiger partial charge is 0.492 e. The lowest BCUT2D eigenvalue weighted by atomic mass is 9.93. The number of hydrogen-bond donors (Lipinski definition) is 1. The van der Waals surface area contributed by atoms with Gasteiger partial charge in [-0.25, -0.2) is 0 Å². The van der Waals surface area contributed by atoms with Crippen molar-refractivity contribution in [2.75, 3.05) is 26.2 Å². The molecule has 0 aromatic heterocycles. The van der Waals surface area contributed by atoms with E-state index in [9.17, 15) is 0 Å². The first-order valence-electron chi connectivity index (χ1n) is 6.72. The van der Waals surface area contributed by atoms with Gasteiger partial charge in [-0.1, -0.05) is 38.2 Å². The number of ether oxygens (including phenoxy) is 1. The van der Waals surface area contributed by atoms with Crippen molar-refractivity contribution in [3.05, 3.63) is 29.8 Å². The van der Waals surface area contributed by atoms with Gasteiger partial charge >= 0.3 is 0 Å². The Morgan fingerprint density at radius 2 is 2.16 bits per heavy atom. The first-order valence-corrected chi connectivity index (χ1v) is 7.13. The Morgan fingerprint density at radius 3 is 2.79 bits per heavy atom. The van der Waals surface area contributed by atoms with E-state index >= 15 is 0 Å². The third kappa shape index (κ3) is 3.91. The molecule has 1 saturated heterocycles. The van der Waals surface area contributed by atoms with Crippen molar-refractivity contribution in [3.8, 4) is 5.75 Å². The summed E-state index contributed by atoms with van der Waals surface area (Å²) < 4.78 is 5.82. The number of thiocarbonyl (C=S) groups is 1. The smallest absolute Gasteiger partial charge is 0.129 e. The third-order valence-corrected chi connectivity index (χ3v) is 3.79. The van der Waals surface area contributed by atoms with Crippen LogP contribution in [0.15, 0.2) is 24.3 Å². The van der Waals surface area contributed by atoms with Crippen LogP contribution in [0, 0.1) is 5.41 Å². The van der Waals surface area contributed by atoms with E-state index in [2.05, 4.69) is 18.7 Å². The van der Waals surface area contributed by atoms with Gasteiger partial charge < -0.3 is 10.5 Å². The lowest BCUT2D eigenvalue weighted by molar-refractivity contribution is 0.222. The second-order valence-electron chi connectivity index (χ2n) is 5.90. The monoisotopic (exact) mass is 278 g/mol. The van der Waals surface area contributed by atoms with E-state index in [0.29, 0.717) is 17.0 Å². The van der Waals surface area contributed by atoms with Gasteiger partial charge in [0.05, 0.1) is 5.56 Å². The summed E-state index contributed by atoms with van der Waals surface area (Å²) >= 11 is 5.02. The van der Waals surface area contributed by atoms with Gasteiger partial charge in [-0.05, 0) is 30.5 Å². The summed E-state index contributed by atoms with van der Waals surface area (Å²) in [6.07, 6.45) is 1.26. The first-order chi connectivity index (χ1) is 8.98. The molecule has 1 heterocycles. The molecule has 0 amide bonds. The molecule has 1 aliphatic heterocycles. The van der Waals surface area contributed by atoms with Crippen LogP contribution in [0.3, 0.4) is 0 Å². The maximum atomic E-state index is 5.82. The molecule has 3 nitrogen and oxygen atoms in total. The maximum Gasteiger partial charge on any atom is 0.129 e. The van der Waals surface area contributed by atoms with Crippen LogP contribution in [-0.2, 0) is 0 Å². The summed E-state index contributed by atoms with van der Waals surface area (Å²) in [5.41, 5.74) is 6.94. The van der Waals surface area contributed by atoms with Gasteiger partial charge in [0.15, 0.2) is 0 Å². The molecule has 104 valence electrons. The van der Waals surface area contributed by atoms with Crippen LogP contribution in [0.4, 0.5) is 0 Å². The van der Waals surface area contributed by atoms with E-state index in [4.69, 9.17) is 22.7 Å². The highest BCUT2D eigenvalue weighted by atomic mass is 32.1. The molecule has 1 aliphatic rings. The molecule has 2 rings (SSSR count). The molecule has 0 spiro atoms. The van der Waals surface area contributed by atoms with Crippen molar-refractivity contribution < 1.29 is 4.74 Å². The molecule has 0 radical (unpaired) electrons. The molecule has 19 heavy (non-hydrogen) atoms. The average Bonchev–Trinajstić information content (AvgIpc) is 2.69. The molecule has 2 N–H and O–H groups in total. The fraction of sp³-hybridized carbons (Fsp3) is 0.533. The summed E-state index contributed by atoms with van der Waals surface area (Å²) in [7, 11) is 0. The third-order valence-electron chi connectivity index (χ3n) is 3.57. The van der Waals surface area contributed by atoms with Crippen molar-refractivity contribution in [3.63, 3.8) is 0 Å². The maximum absolute atomic E-state index is 5.82. The van der Waals surface area contributed by atoms with E-state index < -0.39 is 0 Å². The molecule has 0 atom stereocenters. The molecule has 0 aliphatic carbocycles. The van der Waals surface area contributed by atoms with Crippen molar-refractivity contribution in [2.24, 2.45) is 11.1 Å². The quantitative estimate of drug-likeness (QED) is 0.840. The summed E-state index contributed by atoms with van der Waals surface area (Å²) in [6, 6.07) is 7.68. The highest BCUT2D eigenvalue weighted by Gasteiger charge is 2.28. The zero-order chi connectivity index (χ0) is 13.9. The minimum absolute atomic E-state index is 0.387. The first kappa shape index (κ1) is 14.3. The predicted octanol–water partition coefficient (Wildman–Crippen LogP) is 2.43. The number of hydrogen-bond acceptors (Lipinski definition) is 3. The predicted molar refractivity (Wildman–Crippen MR) is 82.7 cm³/mol. The van der Waals surface area contributed by atoms with Crippen molar-refractivity contribution in [1.82, 2.24) is 4.90 Å². The summed E-state index contributed by atoms with van der Waals surface area (Å²) in [5, 5.41) is 0. The van der Waals surface area contributed by atoms with Crippen LogP contribution in [0.2, 0.25) is 0 Å². The molecule has 1 fully saturated rings. The van der Waals surface area contributed by atoms with E-state index in [1.807, 2.05) is 24.3 Å². The van der Waals surface area contributed by atoms with E-state index in [1.165, 1.54) is 6.42 Å². The zero-order valence-corrected chi connectivity index (χ0v) is 12.5. The van der Waals surface area contributed by atoms with Gasteiger partial charge in [0, 0.05) is 13.1 Å². The van der Waals surface area contributed by atoms with Crippen LogP contribution in [0.1, 0.15) is 25.8 Å². The van der Waals surface area contributed by atoms with Crippen molar-refractivity contribution in [2.45, 2.75) is 20.3 Å². The Kier molecular flexibility index (Phi) is 4.42. The lowest BCUT2D eigenvalue weighted by Gasteiger charge is -2.20. The Hall–Kier alpha value is -1.13. The minimum atomic E-state index is 0.387. The van der Waals surface area contributed by atoms with Crippen LogP contribution in [0.5, 0.6) is 5.75 Å². The summed E-state index contributed by atoms with van der Waals surface area (Å²) in [6.45, 7) is 8.57. The van der Waals surface area contributed by atoms with Crippen molar-refractivity contribution in [1.29, 1.82) is 0 Å². The number of likely N-dealkylation sites (tertiary alicyclic amines) is 1.